The average molecular weight is 345 g/mol. The third-order valence-electron chi connectivity index (χ3n) is 3.96. The molecule has 0 spiro atoms. The van der Waals surface area contributed by atoms with Gasteiger partial charge in [-0.15, -0.1) is 5.11 Å². The zero-order valence-electron chi connectivity index (χ0n) is 15.5. The topological polar surface area (TPSA) is 74.5 Å². The van der Waals surface area contributed by atoms with Crippen LogP contribution in [-0.2, 0) is 4.79 Å². The van der Waals surface area contributed by atoms with Gasteiger partial charge in [0.15, 0.2) is 17.2 Å². The van der Waals surface area contributed by atoms with Crippen LogP contribution in [-0.4, -0.2) is 31.2 Å². The van der Waals surface area contributed by atoms with Crippen molar-refractivity contribution in [2.45, 2.75) is 52.0 Å². The molecule has 2 rings (SSSR count). The number of nitrogens with zero attached hydrogens (tertiary/aromatic N) is 3. The highest BCUT2D eigenvalue weighted by Gasteiger charge is 2.23. The predicted molar refractivity (Wildman–Crippen MR) is 99.0 cm³/mol. The van der Waals surface area contributed by atoms with Gasteiger partial charge in [-0.25, -0.2) is 0 Å². The van der Waals surface area contributed by atoms with E-state index in [4.69, 9.17) is 4.74 Å². The summed E-state index contributed by atoms with van der Waals surface area (Å²) in [6.07, 6.45) is 7.86. The Balaban J connectivity index is 2.25. The number of anilines is 1. The molecule has 1 aliphatic carbocycles. The van der Waals surface area contributed by atoms with Crippen molar-refractivity contribution in [3.8, 4) is 11.5 Å². The largest absolute Gasteiger partial charge is 0.505 e. The number of rotatable bonds is 8. The van der Waals surface area contributed by atoms with Crippen molar-refractivity contribution >= 4 is 17.3 Å². The molecule has 1 aliphatic rings. The van der Waals surface area contributed by atoms with E-state index in [0.29, 0.717) is 12.0 Å². The Hall–Kier alpha value is -2.37. The lowest BCUT2D eigenvalue weighted by Gasteiger charge is -2.19. The van der Waals surface area contributed by atoms with Gasteiger partial charge in [-0.2, -0.15) is 5.11 Å². The van der Waals surface area contributed by atoms with Gasteiger partial charge in [-0.05, 0) is 32.6 Å². The van der Waals surface area contributed by atoms with Gasteiger partial charge in [0, 0.05) is 37.8 Å². The second kappa shape index (κ2) is 8.65. The summed E-state index contributed by atoms with van der Waals surface area (Å²) < 4.78 is 5.49. The van der Waals surface area contributed by atoms with Gasteiger partial charge in [0.25, 0.3) is 0 Å². The summed E-state index contributed by atoms with van der Waals surface area (Å²) in [6.45, 7) is 3.85. The summed E-state index contributed by atoms with van der Waals surface area (Å²) in [4.78, 5) is 14.0. The van der Waals surface area contributed by atoms with Crippen LogP contribution in [0.3, 0.4) is 0 Å². The van der Waals surface area contributed by atoms with Crippen molar-refractivity contribution in [2.24, 2.45) is 10.2 Å². The molecule has 136 valence electrons. The first-order valence-electron chi connectivity index (χ1n) is 8.74. The number of aromatic hydroxyl groups is 1. The molecule has 6 heteroatoms. The summed E-state index contributed by atoms with van der Waals surface area (Å²) in [5, 5.41) is 18.9. The lowest BCUT2D eigenvalue weighted by Crippen LogP contribution is -2.12. The number of benzene rings is 1. The van der Waals surface area contributed by atoms with Crippen LogP contribution in [0.15, 0.2) is 28.4 Å². The number of hydrogen-bond donors (Lipinski definition) is 1. The van der Waals surface area contributed by atoms with E-state index in [1.165, 1.54) is 0 Å². The smallest absolute Gasteiger partial charge is 0.311 e. The van der Waals surface area contributed by atoms with Crippen molar-refractivity contribution in [3.63, 3.8) is 0 Å². The molecule has 0 aliphatic heterocycles. The monoisotopic (exact) mass is 345 g/mol. The van der Waals surface area contributed by atoms with Crippen molar-refractivity contribution in [3.05, 3.63) is 23.8 Å². The number of phenols is 1. The Morgan fingerprint density at radius 2 is 2.12 bits per heavy atom. The Labute approximate surface area is 149 Å². The van der Waals surface area contributed by atoms with Crippen LogP contribution in [0.5, 0.6) is 11.5 Å². The predicted octanol–water partition coefficient (Wildman–Crippen LogP) is 4.66. The fourth-order valence-electron chi connectivity index (χ4n) is 2.34. The maximum absolute atomic E-state index is 12.1. The van der Waals surface area contributed by atoms with Crippen LogP contribution in [0, 0.1) is 6.92 Å². The van der Waals surface area contributed by atoms with Gasteiger partial charge in [-0.3, -0.25) is 4.79 Å². The molecule has 0 atom stereocenters. The number of ether oxygens (including phenoxy) is 1. The number of hydrogen-bond acceptors (Lipinski definition) is 6. The first-order valence-corrected chi connectivity index (χ1v) is 8.74. The zero-order valence-corrected chi connectivity index (χ0v) is 15.5. The molecule has 0 amide bonds. The number of azo groups is 1. The molecule has 1 N–H and O–H groups in total. The minimum absolute atomic E-state index is 0.00396. The van der Waals surface area contributed by atoms with Crippen LogP contribution >= 0.6 is 0 Å². The molecule has 0 radical (unpaired) electrons. The summed E-state index contributed by atoms with van der Waals surface area (Å²) in [5.74, 6) is -0.0958. The lowest BCUT2D eigenvalue weighted by atomic mass is 10.1. The molecular formula is C19H27N3O3. The van der Waals surface area contributed by atoms with Crippen LogP contribution < -0.4 is 9.64 Å². The van der Waals surface area contributed by atoms with Gasteiger partial charge in [0.05, 0.1) is 6.04 Å². The van der Waals surface area contributed by atoms with Gasteiger partial charge in [0.1, 0.15) is 0 Å². The molecule has 0 heterocycles. The number of phenolic OH excluding ortho intramolecular Hbond substituents is 1. The quantitative estimate of drug-likeness (QED) is 0.322. The number of esters is 1. The van der Waals surface area contributed by atoms with Crippen LogP contribution in [0.4, 0.5) is 11.4 Å². The molecule has 1 saturated carbocycles. The van der Waals surface area contributed by atoms with Crippen LogP contribution in [0.1, 0.15) is 44.6 Å². The van der Waals surface area contributed by atoms with E-state index in [-0.39, 0.29) is 35.6 Å². The number of allylic oxidation sites excluding steroid dienone is 2. The van der Waals surface area contributed by atoms with Crippen LogP contribution in [0.25, 0.3) is 0 Å². The van der Waals surface area contributed by atoms with E-state index in [2.05, 4.69) is 10.2 Å². The maximum atomic E-state index is 12.1. The molecule has 0 aromatic heterocycles. The summed E-state index contributed by atoms with van der Waals surface area (Å²) >= 11 is 0. The Morgan fingerprint density at radius 1 is 1.40 bits per heavy atom. The Kier molecular flexibility index (Phi) is 6.56. The van der Waals surface area contributed by atoms with E-state index in [9.17, 15) is 9.90 Å². The Bertz CT molecular complexity index is 677. The van der Waals surface area contributed by atoms with E-state index in [0.717, 1.165) is 24.9 Å². The zero-order chi connectivity index (χ0) is 18.4. The highest BCUT2D eigenvalue weighted by atomic mass is 16.5. The van der Waals surface area contributed by atoms with Gasteiger partial charge >= 0.3 is 5.97 Å². The molecule has 1 fully saturated rings. The van der Waals surface area contributed by atoms with Crippen molar-refractivity contribution in [1.29, 1.82) is 0 Å². The van der Waals surface area contributed by atoms with Crippen LogP contribution in [0.2, 0.25) is 0 Å². The molecular weight excluding hydrogens is 318 g/mol. The van der Waals surface area contributed by atoms with E-state index >= 15 is 0 Å². The second-order valence-corrected chi connectivity index (χ2v) is 6.45. The average Bonchev–Trinajstić information content (AvgIpc) is 3.38. The van der Waals surface area contributed by atoms with Gasteiger partial charge < -0.3 is 14.7 Å². The molecule has 0 saturated heterocycles. The number of carbonyl (C=O) groups excluding carboxylic acids is 1. The molecule has 25 heavy (non-hydrogen) atoms. The van der Waals surface area contributed by atoms with E-state index in [1.807, 2.05) is 45.0 Å². The SMILES string of the molecule is CCC=CCCC(=O)Oc1cc(N(C)C)c(C)c(O)c1N=NC1CC1. The molecule has 0 unspecified atom stereocenters. The summed E-state index contributed by atoms with van der Waals surface area (Å²) in [6, 6.07) is 1.95. The fraction of sp³-hybridized carbons (Fsp3) is 0.526. The summed E-state index contributed by atoms with van der Waals surface area (Å²) in [7, 11) is 3.74. The van der Waals surface area contributed by atoms with Gasteiger partial charge in [-0.1, -0.05) is 19.1 Å². The standard InChI is InChI=1S/C19H27N3O3/c1-5-6-7-8-9-17(23)25-16-12-15(22(3)4)13(2)19(24)18(16)21-20-14-10-11-14/h6-7,12,14,24H,5,8-11H2,1-4H3. The molecule has 1 aromatic rings. The third kappa shape index (κ3) is 5.31. The normalized spacial score (nSPS) is 14.4. The molecule has 6 nitrogen and oxygen atoms in total. The third-order valence-corrected chi connectivity index (χ3v) is 3.96. The first-order chi connectivity index (χ1) is 11.9. The highest BCUT2D eigenvalue weighted by molar-refractivity contribution is 5.79. The lowest BCUT2D eigenvalue weighted by molar-refractivity contribution is -0.134. The fourth-order valence-corrected chi connectivity index (χ4v) is 2.34. The molecule has 1 aromatic carbocycles. The maximum Gasteiger partial charge on any atom is 0.311 e. The Morgan fingerprint density at radius 3 is 2.72 bits per heavy atom. The van der Waals surface area contributed by atoms with E-state index < -0.39 is 0 Å². The number of carbonyl (C=O) groups is 1. The minimum atomic E-state index is -0.350. The second-order valence-electron chi connectivity index (χ2n) is 6.45. The van der Waals surface area contributed by atoms with Crippen molar-refractivity contribution in [2.75, 3.05) is 19.0 Å². The summed E-state index contributed by atoms with van der Waals surface area (Å²) in [5.41, 5.74) is 1.68. The van der Waals surface area contributed by atoms with E-state index in [1.54, 1.807) is 6.07 Å². The van der Waals surface area contributed by atoms with Crippen molar-refractivity contribution < 1.29 is 14.6 Å². The van der Waals surface area contributed by atoms with Gasteiger partial charge in [0.2, 0.25) is 0 Å². The molecule has 0 bridgehead atoms. The van der Waals surface area contributed by atoms with Crippen molar-refractivity contribution in [1.82, 2.24) is 0 Å². The first kappa shape index (κ1) is 19.0. The minimum Gasteiger partial charge on any atom is -0.505 e. The highest BCUT2D eigenvalue weighted by Crippen LogP contribution is 2.45.